The van der Waals surface area contributed by atoms with Gasteiger partial charge >= 0.3 is 0 Å². The molecule has 2 rings (SSSR count). The molecule has 0 spiro atoms. The Hall–Kier alpha value is -1.56. The Kier molecular flexibility index (Phi) is 6.49. The Labute approximate surface area is 145 Å². The summed E-state index contributed by atoms with van der Waals surface area (Å²) in [5.41, 5.74) is 0.328. The predicted molar refractivity (Wildman–Crippen MR) is 86.2 cm³/mol. The highest BCUT2D eigenvalue weighted by molar-refractivity contribution is 7.86. The first-order chi connectivity index (χ1) is 11.8. The summed E-state index contributed by atoms with van der Waals surface area (Å²) in [5.74, 6) is -0.520. The fourth-order valence-corrected chi connectivity index (χ4v) is 3.20. The molecule has 0 bridgehead atoms. The Morgan fingerprint density at radius 1 is 1.32 bits per heavy atom. The highest BCUT2D eigenvalue weighted by Crippen LogP contribution is 2.25. The number of methoxy groups -OCH3 is 1. The van der Waals surface area contributed by atoms with Crippen LogP contribution >= 0.6 is 0 Å². The van der Waals surface area contributed by atoms with Gasteiger partial charge in [-0.3, -0.25) is 8.98 Å². The van der Waals surface area contributed by atoms with Crippen LogP contribution in [0.2, 0.25) is 0 Å². The second kappa shape index (κ2) is 8.21. The lowest BCUT2D eigenvalue weighted by Gasteiger charge is -2.43. The maximum Gasteiger partial charge on any atom is 0.264 e. The zero-order chi connectivity index (χ0) is 18.6. The number of aliphatic hydroxyl groups excluding tert-OH is 2. The van der Waals surface area contributed by atoms with Crippen LogP contribution in [0.1, 0.15) is 10.4 Å². The lowest BCUT2D eigenvalue weighted by atomic mass is 9.96. The molecule has 1 aliphatic rings. The molecule has 1 amide bonds. The molecule has 0 saturated carbocycles. The molecule has 1 aromatic carbocycles. The summed E-state index contributed by atoms with van der Waals surface area (Å²) < 4.78 is 38.5. The van der Waals surface area contributed by atoms with Crippen molar-refractivity contribution in [3.8, 4) is 0 Å². The number of aliphatic hydroxyl groups is 2. The van der Waals surface area contributed by atoms with Gasteiger partial charge in [0, 0.05) is 12.7 Å². The van der Waals surface area contributed by atoms with E-state index in [0.29, 0.717) is 5.56 Å². The van der Waals surface area contributed by atoms with E-state index in [-0.39, 0.29) is 0 Å². The molecule has 0 unspecified atom stereocenters. The van der Waals surface area contributed by atoms with Crippen LogP contribution in [0.25, 0.3) is 0 Å². The summed E-state index contributed by atoms with van der Waals surface area (Å²) in [4.78, 5) is 12.4. The van der Waals surface area contributed by atoms with E-state index in [1.165, 1.54) is 7.11 Å². The van der Waals surface area contributed by atoms with Gasteiger partial charge in [-0.05, 0) is 12.1 Å². The largest absolute Gasteiger partial charge is 0.394 e. The number of hydrogen-bond donors (Lipinski definition) is 3. The number of ether oxygens (including phenoxy) is 2. The fourth-order valence-electron chi connectivity index (χ4n) is 2.56. The number of amides is 1. The molecule has 1 fully saturated rings. The second-order valence-electron chi connectivity index (χ2n) is 5.58. The third-order valence-electron chi connectivity index (χ3n) is 3.71. The summed E-state index contributed by atoms with van der Waals surface area (Å²) in [7, 11) is -2.67. The minimum atomic E-state index is -3.96. The topological polar surface area (TPSA) is 131 Å². The molecule has 3 N–H and O–H groups in total. The van der Waals surface area contributed by atoms with Crippen molar-refractivity contribution < 1.29 is 37.1 Å². The van der Waals surface area contributed by atoms with Crippen molar-refractivity contribution in [2.45, 2.75) is 30.6 Å². The fraction of sp³-hybridized carbons (Fsp3) is 0.533. The molecule has 9 nitrogen and oxygen atoms in total. The van der Waals surface area contributed by atoms with Gasteiger partial charge in [-0.25, -0.2) is 0 Å². The van der Waals surface area contributed by atoms with E-state index in [0.717, 1.165) is 6.26 Å². The van der Waals surface area contributed by atoms with Crippen LogP contribution in [0.5, 0.6) is 0 Å². The van der Waals surface area contributed by atoms with Crippen LogP contribution < -0.4 is 5.32 Å². The van der Waals surface area contributed by atoms with Crippen LogP contribution in [0.3, 0.4) is 0 Å². The van der Waals surface area contributed by atoms with Crippen LogP contribution in [-0.2, 0) is 23.8 Å². The molecule has 140 valence electrons. The van der Waals surface area contributed by atoms with Crippen molar-refractivity contribution in [2.24, 2.45) is 0 Å². The Morgan fingerprint density at radius 3 is 2.48 bits per heavy atom. The second-order valence-corrected chi connectivity index (χ2v) is 7.18. The minimum absolute atomic E-state index is 0.328. The van der Waals surface area contributed by atoms with E-state index in [1.807, 2.05) is 0 Å². The van der Waals surface area contributed by atoms with Gasteiger partial charge in [-0.2, -0.15) is 8.42 Å². The molecule has 1 aromatic rings. The molecule has 10 heteroatoms. The summed E-state index contributed by atoms with van der Waals surface area (Å²) >= 11 is 0. The number of benzene rings is 1. The average molecular weight is 375 g/mol. The van der Waals surface area contributed by atoms with Crippen molar-refractivity contribution in [1.29, 1.82) is 0 Å². The first-order valence-electron chi connectivity index (χ1n) is 7.48. The zero-order valence-electron chi connectivity index (χ0n) is 13.7. The van der Waals surface area contributed by atoms with Gasteiger partial charge in [-0.15, -0.1) is 0 Å². The normalized spacial score (nSPS) is 30.0. The van der Waals surface area contributed by atoms with Crippen molar-refractivity contribution in [1.82, 2.24) is 5.32 Å². The lowest BCUT2D eigenvalue weighted by Crippen LogP contribution is -2.65. The summed E-state index contributed by atoms with van der Waals surface area (Å²) in [6, 6.07) is 7.09. The van der Waals surface area contributed by atoms with Crippen LogP contribution in [0, 0.1) is 0 Å². The molecular weight excluding hydrogens is 354 g/mol. The van der Waals surface area contributed by atoms with Gasteiger partial charge < -0.3 is 25.0 Å². The average Bonchev–Trinajstić information content (AvgIpc) is 2.58. The van der Waals surface area contributed by atoms with Crippen LogP contribution in [-0.4, -0.2) is 75.2 Å². The zero-order valence-corrected chi connectivity index (χ0v) is 14.5. The van der Waals surface area contributed by atoms with E-state index in [4.69, 9.17) is 13.7 Å². The Balaban J connectivity index is 2.29. The number of carbonyl (C=O) groups is 1. The molecule has 1 heterocycles. The van der Waals surface area contributed by atoms with Gasteiger partial charge in [0.25, 0.3) is 16.0 Å². The van der Waals surface area contributed by atoms with Gasteiger partial charge in [-0.1, -0.05) is 18.2 Å². The van der Waals surface area contributed by atoms with E-state index in [1.54, 1.807) is 30.3 Å². The molecule has 0 radical (unpaired) electrons. The SMILES string of the molecule is CO[C@@H]1O[C@@H](CO)[C@@H](O)[C@@H](OS(C)(=O)=O)[C@H]1NC(=O)c1ccccc1. The maximum absolute atomic E-state index is 12.4. The molecular formula is C15H21NO8S. The first-order valence-corrected chi connectivity index (χ1v) is 9.30. The number of rotatable bonds is 6. The van der Waals surface area contributed by atoms with E-state index in [9.17, 15) is 23.4 Å². The van der Waals surface area contributed by atoms with E-state index < -0.39 is 53.3 Å². The Bertz CT molecular complexity index is 680. The number of hydrogen-bond acceptors (Lipinski definition) is 8. The number of carbonyl (C=O) groups excluding carboxylic acids is 1. The number of nitrogens with one attached hydrogen (secondary N) is 1. The lowest BCUT2D eigenvalue weighted by molar-refractivity contribution is -0.256. The first kappa shape index (κ1) is 19.8. The molecule has 5 atom stereocenters. The van der Waals surface area contributed by atoms with Crippen molar-refractivity contribution >= 4 is 16.0 Å². The van der Waals surface area contributed by atoms with Crippen molar-refractivity contribution in [3.05, 3.63) is 35.9 Å². The predicted octanol–water partition coefficient (Wildman–Crippen LogP) is -1.15. The van der Waals surface area contributed by atoms with Crippen LogP contribution in [0.15, 0.2) is 30.3 Å². The monoisotopic (exact) mass is 375 g/mol. The molecule has 0 aromatic heterocycles. The van der Waals surface area contributed by atoms with E-state index >= 15 is 0 Å². The third-order valence-corrected chi connectivity index (χ3v) is 4.28. The van der Waals surface area contributed by atoms with E-state index in [2.05, 4.69) is 5.32 Å². The maximum atomic E-state index is 12.4. The van der Waals surface area contributed by atoms with Gasteiger partial charge in [0.2, 0.25) is 0 Å². The molecule has 25 heavy (non-hydrogen) atoms. The van der Waals surface area contributed by atoms with Gasteiger partial charge in [0.1, 0.15) is 24.4 Å². The molecule has 1 saturated heterocycles. The standard InChI is InChI=1S/C15H21NO8S/c1-22-15-11(16-14(19)9-6-4-3-5-7-9)13(24-25(2,20)21)12(18)10(8-17)23-15/h3-7,10-13,15,17-18H,8H2,1-2H3,(H,16,19)/t10-,11+,12+,13-,15+/m0/s1. The Morgan fingerprint density at radius 2 is 1.96 bits per heavy atom. The highest BCUT2D eigenvalue weighted by atomic mass is 32.2. The molecule has 0 aliphatic carbocycles. The van der Waals surface area contributed by atoms with Gasteiger partial charge in [0.05, 0.1) is 12.9 Å². The highest BCUT2D eigenvalue weighted by Gasteiger charge is 2.48. The molecule has 1 aliphatic heterocycles. The van der Waals surface area contributed by atoms with Crippen molar-refractivity contribution in [2.75, 3.05) is 20.0 Å². The third kappa shape index (κ3) is 4.97. The minimum Gasteiger partial charge on any atom is -0.394 e. The van der Waals surface area contributed by atoms with Crippen molar-refractivity contribution in [3.63, 3.8) is 0 Å². The summed E-state index contributed by atoms with van der Waals surface area (Å²) in [6.07, 6.45) is -4.31. The summed E-state index contributed by atoms with van der Waals surface area (Å²) in [6.45, 7) is -0.579. The van der Waals surface area contributed by atoms with Crippen LogP contribution in [0.4, 0.5) is 0 Å². The smallest absolute Gasteiger partial charge is 0.264 e. The summed E-state index contributed by atoms with van der Waals surface area (Å²) in [5, 5.41) is 22.1. The van der Waals surface area contributed by atoms with Gasteiger partial charge in [0.15, 0.2) is 6.29 Å². The quantitative estimate of drug-likeness (QED) is 0.532.